The van der Waals surface area contributed by atoms with E-state index in [1.54, 1.807) is 13.8 Å². The van der Waals surface area contributed by atoms with Crippen LogP contribution in [0, 0.1) is 68.5 Å². The van der Waals surface area contributed by atoms with E-state index in [4.69, 9.17) is 18.9 Å². The lowest BCUT2D eigenvalue weighted by Crippen LogP contribution is -2.66. The highest BCUT2D eigenvalue weighted by atomic mass is 16.8. The zero-order chi connectivity index (χ0) is 39.3. The molecule has 0 aromatic heterocycles. The molecule has 0 bridgehead atoms. The summed E-state index contributed by atoms with van der Waals surface area (Å²) >= 11 is 0. The Hall–Kier alpha value is -2.58. The predicted molar refractivity (Wildman–Crippen MR) is 202 cm³/mol. The summed E-state index contributed by atoms with van der Waals surface area (Å²) in [6.45, 7) is 26.3. The molecule has 5 rings (SSSR count). The van der Waals surface area contributed by atoms with Crippen molar-refractivity contribution in [3.8, 4) is 0 Å². The summed E-state index contributed by atoms with van der Waals surface area (Å²) in [5.41, 5.74) is 0.996. The molecule has 0 aromatic carbocycles. The Morgan fingerprint density at radius 1 is 0.868 bits per heavy atom. The van der Waals surface area contributed by atoms with Gasteiger partial charge in [-0.25, -0.2) is 4.79 Å². The average Bonchev–Trinajstić information content (AvgIpc) is 3.40. The molecule has 9 heteroatoms. The number of carbonyl (C=O) groups excluding carboxylic acids is 3. The monoisotopic (exact) mass is 743 g/mol. The molecule has 9 nitrogen and oxygen atoms in total. The summed E-state index contributed by atoms with van der Waals surface area (Å²) < 4.78 is 21.5. The van der Waals surface area contributed by atoms with Gasteiger partial charge in [0.1, 0.15) is 6.10 Å². The third kappa shape index (κ3) is 7.79. The van der Waals surface area contributed by atoms with Crippen LogP contribution in [-0.2, 0) is 33.3 Å². The Labute approximate surface area is 319 Å². The topological polar surface area (TPSA) is 125 Å². The Bertz CT molecular complexity index is 1420. The minimum absolute atomic E-state index is 0.0596. The van der Waals surface area contributed by atoms with Gasteiger partial charge in [0.15, 0.2) is 0 Å². The maximum Gasteiger partial charge on any atom is 0.511 e. The Morgan fingerprint density at radius 2 is 1.55 bits per heavy atom. The van der Waals surface area contributed by atoms with Gasteiger partial charge >= 0.3 is 24.1 Å². The summed E-state index contributed by atoms with van der Waals surface area (Å²) in [6.07, 6.45) is 9.22. The third-order valence-corrected chi connectivity index (χ3v) is 16.2. The first-order valence-electron chi connectivity index (χ1n) is 20.7. The maximum atomic E-state index is 13.2. The normalized spacial score (nSPS) is 39.2. The zero-order valence-corrected chi connectivity index (χ0v) is 34.5. The van der Waals surface area contributed by atoms with E-state index < -0.39 is 23.8 Å². The SMILES string of the molecule is C=C(C)[C@@H]1C[C@@H](CCC(=O)OC(C)OC(=O)OCC)C2CC[C@]3(C)[C@H](CC[C@@H]4[C@@]5(C)CC[C@H](OC(=O)CC(C)(C)CC(=O)O)C(C)(C)[C@@H]5CC[C@]43C)[C@H]21. The molecular weight excluding hydrogens is 672 g/mol. The number of fused-ring (bicyclic) bond motifs is 7. The summed E-state index contributed by atoms with van der Waals surface area (Å²) in [5.74, 6) is 2.14. The van der Waals surface area contributed by atoms with Gasteiger partial charge in [-0.05, 0) is 141 Å². The van der Waals surface area contributed by atoms with Crippen molar-refractivity contribution in [2.75, 3.05) is 6.61 Å². The lowest BCUT2D eigenvalue weighted by molar-refractivity contribution is -0.245. The summed E-state index contributed by atoms with van der Waals surface area (Å²) in [5, 5.41) is 9.33. The van der Waals surface area contributed by atoms with Crippen LogP contribution in [0.4, 0.5) is 4.79 Å². The Morgan fingerprint density at radius 3 is 2.19 bits per heavy atom. The largest absolute Gasteiger partial charge is 0.511 e. The van der Waals surface area contributed by atoms with Crippen LogP contribution in [0.15, 0.2) is 12.2 Å². The van der Waals surface area contributed by atoms with Crippen molar-refractivity contribution in [2.45, 2.75) is 165 Å². The molecule has 53 heavy (non-hydrogen) atoms. The number of hydrogen-bond donors (Lipinski definition) is 1. The van der Waals surface area contributed by atoms with E-state index in [9.17, 15) is 24.3 Å². The first kappa shape index (κ1) is 41.6. The number of carboxylic acids is 1. The summed E-state index contributed by atoms with van der Waals surface area (Å²) in [7, 11) is 0. The molecule has 5 aliphatic rings. The van der Waals surface area contributed by atoms with Gasteiger partial charge < -0.3 is 24.1 Å². The highest BCUT2D eigenvalue weighted by Crippen LogP contribution is 2.76. The lowest BCUT2D eigenvalue weighted by atomic mass is 9.33. The summed E-state index contributed by atoms with van der Waals surface area (Å²) in [6, 6.07) is 0. The van der Waals surface area contributed by atoms with Crippen LogP contribution in [0.3, 0.4) is 0 Å². The van der Waals surface area contributed by atoms with Crippen LogP contribution in [0.25, 0.3) is 0 Å². The fraction of sp³-hybridized carbons (Fsp3) is 0.864. The van der Waals surface area contributed by atoms with Gasteiger partial charge in [-0.1, -0.05) is 60.6 Å². The lowest BCUT2D eigenvalue weighted by Gasteiger charge is -2.72. The van der Waals surface area contributed by atoms with Crippen molar-refractivity contribution >= 4 is 24.1 Å². The van der Waals surface area contributed by atoms with E-state index in [1.165, 1.54) is 37.7 Å². The molecule has 0 aromatic rings. The fourth-order valence-corrected chi connectivity index (χ4v) is 13.8. The molecule has 5 fully saturated rings. The number of ether oxygens (including phenoxy) is 4. The molecule has 300 valence electrons. The molecule has 0 heterocycles. The van der Waals surface area contributed by atoms with Crippen LogP contribution in [0.5, 0.6) is 0 Å². The molecular formula is C44H70O9. The Balaban J connectivity index is 1.28. The molecule has 2 unspecified atom stereocenters. The van der Waals surface area contributed by atoms with Gasteiger partial charge in [0.05, 0.1) is 19.4 Å². The maximum absolute atomic E-state index is 13.2. The van der Waals surface area contributed by atoms with Crippen LogP contribution in [0.2, 0.25) is 0 Å². The van der Waals surface area contributed by atoms with E-state index in [0.29, 0.717) is 47.8 Å². The number of rotatable bonds is 12. The molecule has 1 N–H and O–H groups in total. The smallest absolute Gasteiger partial charge is 0.481 e. The van der Waals surface area contributed by atoms with E-state index in [1.807, 2.05) is 13.8 Å². The van der Waals surface area contributed by atoms with E-state index >= 15 is 0 Å². The molecule has 5 aliphatic carbocycles. The first-order chi connectivity index (χ1) is 24.6. The van der Waals surface area contributed by atoms with E-state index in [2.05, 4.69) is 48.1 Å². The van der Waals surface area contributed by atoms with Crippen molar-refractivity contribution in [1.29, 1.82) is 0 Å². The molecule has 12 atom stereocenters. The van der Waals surface area contributed by atoms with Crippen molar-refractivity contribution in [1.82, 2.24) is 0 Å². The standard InChI is InChI=1S/C44H70O9/c1-12-50-39(49)52-27(4)51-36(47)16-13-28-23-30(26(2)3)38-29(28)17-21-43(10)31(38)14-15-33-42(9)20-19-34(41(7,8)32(42)18-22-44(33,43)11)53-37(48)25-40(5,6)24-35(45)46/h27-34,38H,2,12-25H2,1,3-11H3,(H,45,46)/t27?,28-,29?,30+,31-,32+,33-,34+,38-,42+,43-,44-/m1/s1. The second-order valence-electron chi connectivity index (χ2n) is 20.0. The van der Waals surface area contributed by atoms with Crippen molar-refractivity contribution in [3.05, 3.63) is 12.2 Å². The van der Waals surface area contributed by atoms with E-state index in [0.717, 1.165) is 32.1 Å². The van der Waals surface area contributed by atoms with Gasteiger partial charge in [-0.3, -0.25) is 14.4 Å². The third-order valence-electron chi connectivity index (χ3n) is 16.2. The number of aliphatic carboxylic acids is 1. The van der Waals surface area contributed by atoms with Crippen molar-refractivity contribution < 1.29 is 43.2 Å². The minimum Gasteiger partial charge on any atom is -0.481 e. The quantitative estimate of drug-likeness (QED) is 0.0900. The first-order valence-corrected chi connectivity index (χ1v) is 20.7. The van der Waals surface area contributed by atoms with Crippen LogP contribution in [0.1, 0.15) is 153 Å². The molecule has 0 amide bonds. The molecule has 5 saturated carbocycles. The zero-order valence-electron chi connectivity index (χ0n) is 34.5. The van der Waals surface area contributed by atoms with Gasteiger partial charge in [0.2, 0.25) is 6.29 Å². The van der Waals surface area contributed by atoms with Gasteiger partial charge in [-0.2, -0.15) is 0 Å². The number of allylic oxidation sites excluding steroid dienone is 1. The van der Waals surface area contributed by atoms with Crippen LogP contribution >= 0.6 is 0 Å². The second kappa shape index (κ2) is 15.2. The number of esters is 2. The second-order valence-corrected chi connectivity index (χ2v) is 20.0. The predicted octanol–water partition coefficient (Wildman–Crippen LogP) is 10.1. The number of hydrogen-bond acceptors (Lipinski definition) is 8. The van der Waals surface area contributed by atoms with Crippen LogP contribution < -0.4 is 0 Å². The molecule has 0 saturated heterocycles. The average molecular weight is 743 g/mol. The van der Waals surface area contributed by atoms with Crippen LogP contribution in [-0.4, -0.2) is 48.2 Å². The van der Waals surface area contributed by atoms with Gasteiger partial charge in [0.25, 0.3) is 0 Å². The number of carboxylic acid groups (broad SMARTS) is 1. The van der Waals surface area contributed by atoms with E-state index in [-0.39, 0.29) is 59.2 Å². The van der Waals surface area contributed by atoms with Crippen molar-refractivity contribution in [3.63, 3.8) is 0 Å². The highest BCUT2D eigenvalue weighted by Gasteiger charge is 2.69. The highest BCUT2D eigenvalue weighted by molar-refractivity contribution is 5.73. The minimum atomic E-state index is -0.984. The van der Waals surface area contributed by atoms with Gasteiger partial charge in [-0.15, -0.1) is 0 Å². The van der Waals surface area contributed by atoms with Gasteiger partial charge in [0, 0.05) is 18.8 Å². The molecule has 0 radical (unpaired) electrons. The molecule has 0 spiro atoms. The summed E-state index contributed by atoms with van der Waals surface area (Å²) in [4.78, 5) is 49.1. The molecule has 0 aliphatic heterocycles. The fourth-order valence-electron chi connectivity index (χ4n) is 13.8. The Kier molecular flexibility index (Phi) is 11.9. The number of carbonyl (C=O) groups is 4. The van der Waals surface area contributed by atoms with Crippen molar-refractivity contribution in [2.24, 2.45) is 68.5 Å².